The van der Waals surface area contributed by atoms with Crippen LogP contribution in [0.2, 0.25) is 0 Å². The average Bonchev–Trinajstić information content (AvgIpc) is 2.63. The van der Waals surface area contributed by atoms with Crippen molar-refractivity contribution in [2.75, 3.05) is 20.3 Å². The van der Waals surface area contributed by atoms with Gasteiger partial charge in [0.2, 0.25) is 0 Å². The molecular formula is C20H29NO4. The predicted molar refractivity (Wildman–Crippen MR) is 96.6 cm³/mol. The van der Waals surface area contributed by atoms with Crippen LogP contribution in [0.15, 0.2) is 18.2 Å². The van der Waals surface area contributed by atoms with Crippen LogP contribution in [0, 0.1) is 13.8 Å². The standard InChI is InChI=1S/C20H29NO4/c1-15-9-10-16(2)18(13-15)25-14-19(22)21(12-11-20(23)24-3)17-7-5-4-6-8-17/h9-10,13,17H,4-8,11-12,14H2,1-3H3. The Morgan fingerprint density at radius 1 is 1.16 bits per heavy atom. The van der Waals surface area contributed by atoms with Gasteiger partial charge in [0, 0.05) is 12.6 Å². The number of aryl methyl sites for hydroxylation is 2. The van der Waals surface area contributed by atoms with Crippen LogP contribution in [0.5, 0.6) is 5.75 Å². The predicted octanol–water partition coefficient (Wildman–Crippen LogP) is 3.41. The summed E-state index contributed by atoms with van der Waals surface area (Å²) in [6.07, 6.45) is 5.69. The Bertz CT molecular complexity index is 593. The van der Waals surface area contributed by atoms with Crippen LogP contribution in [0.25, 0.3) is 0 Å². The third kappa shape index (κ3) is 5.76. The van der Waals surface area contributed by atoms with Crippen LogP contribution in [0.4, 0.5) is 0 Å². The molecule has 1 aliphatic carbocycles. The van der Waals surface area contributed by atoms with Gasteiger partial charge in [0.25, 0.3) is 5.91 Å². The van der Waals surface area contributed by atoms with Crippen molar-refractivity contribution >= 4 is 11.9 Å². The fourth-order valence-electron chi connectivity index (χ4n) is 3.30. The molecule has 0 atom stereocenters. The molecule has 1 aliphatic rings. The quantitative estimate of drug-likeness (QED) is 0.709. The van der Waals surface area contributed by atoms with E-state index in [1.54, 1.807) is 0 Å². The molecule has 0 aromatic heterocycles. The van der Waals surface area contributed by atoms with Crippen LogP contribution in [0.3, 0.4) is 0 Å². The minimum atomic E-state index is -0.288. The van der Waals surface area contributed by atoms with Crippen LogP contribution in [0.1, 0.15) is 49.7 Å². The van der Waals surface area contributed by atoms with Gasteiger partial charge in [-0.25, -0.2) is 0 Å². The van der Waals surface area contributed by atoms with Gasteiger partial charge < -0.3 is 14.4 Å². The topological polar surface area (TPSA) is 55.8 Å². The zero-order valence-electron chi connectivity index (χ0n) is 15.5. The first-order chi connectivity index (χ1) is 12.0. The van der Waals surface area contributed by atoms with Gasteiger partial charge in [0.15, 0.2) is 6.61 Å². The first-order valence-corrected chi connectivity index (χ1v) is 9.07. The van der Waals surface area contributed by atoms with Crippen molar-refractivity contribution in [2.24, 2.45) is 0 Å². The highest BCUT2D eigenvalue weighted by molar-refractivity contribution is 5.79. The molecule has 0 radical (unpaired) electrons. The van der Waals surface area contributed by atoms with E-state index in [-0.39, 0.29) is 30.9 Å². The highest BCUT2D eigenvalue weighted by atomic mass is 16.5. The van der Waals surface area contributed by atoms with E-state index in [4.69, 9.17) is 9.47 Å². The molecule has 1 aromatic carbocycles. The molecule has 0 spiro atoms. The maximum Gasteiger partial charge on any atom is 0.307 e. The molecule has 5 heteroatoms. The monoisotopic (exact) mass is 347 g/mol. The van der Waals surface area contributed by atoms with E-state index in [9.17, 15) is 9.59 Å². The number of nitrogens with zero attached hydrogens (tertiary/aromatic N) is 1. The van der Waals surface area contributed by atoms with Crippen molar-refractivity contribution in [1.29, 1.82) is 0 Å². The van der Waals surface area contributed by atoms with Crippen LogP contribution in [-0.4, -0.2) is 43.1 Å². The highest BCUT2D eigenvalue weighted by Gasteiger charge is 2.26. The van der Waals surface area contributed by atoms with E-state index < -0.39 is 0 Å². The van der Waals surface area contributed by atoms with E-state index in [1.165, 1.54) is 13.5 Å². The molecule has 1 saturated carbocycles. The van der Waals surface area contributed by atoms with Crippen molar-refractivity contribution in [2.45, 2.75) is 58.4 Å². The van der Waals surface area contributed by atoms with Crippen molar-refractivity contribution in [1.82, 2.24) is 4.90 Å². The fourth-order valence-corrected chi connectivity index (χ4v) is 3.30. The molecule has 1 aromatic rings. The van der Waals surface area contributed by atoms with E-state index in [2.05, 4.69) is 0 Å². The van der Waals surface area contributed by atoms with Gasteiger partial charge in [-0.1, -0.05) is 31.4 Å². The molecule has 1 amide bonds. The van der Waals surface area contributed by atoms with Gasteiger partial charge >= 0.3 is 5.97 Å². The summed E-state index contributed by atoms with van der Waals surface area (Å²) in [6, 6.07) is 6.16. The molecule has 0 bridgehead atoms. The van der Waals surface area contributed by atoms with Gasteiger partial charge in [-0.05, 0) is 43.9 Å². The van der Waals surface area contributed by atoms with Crippen LogP contribution < -0.4 is 4.74 Å². The third-order valence-electron chi connectivity index (χ3n) is 4.82. The van der Waals surface area contributed by atoms with E-state index >= 15 is 0 Å². The summed E-state index contributed by atoms with van der Waals surface area (Å²) in [7, 11) is 1.37. The number of carbonyl (C=O) groups excluding carboxylic acids is 2. The second kappa shape index (κ2) is 9.44. The lowest BCUT2D eigenvalue weighted by Gasteiger charge is -2.34. The summed E-state index contributed by atoms with van der Waals surface area (Å²) < 4.78 is 10.5. The number of ether oxygens (including phenoxy) is 2. The van der Waals surface area contributed by atoms with Crippen molar-refractivity contribution in [3.05, 3.63) is 29.3 Å². The number of amides is 1. The molecule has 0 saturated heterocycles. The molecule has 0 heterocycles. The van der Waals surface area contributed by atoms with Gasteiger partial charge in [-0.15, -0.1) is 0 Å². The van der Waals surface area contributed by atoms with Crippen molar-refractivity contribution < 1.29 is 19.1 Å². The van der Waals surface area contributed by atoms with Gasteiger partial charge in [-0.3, -0.25) is 9.59 Å². The molecule has 138 valence electrons. The molecular weight excluding hydrogens is 318 g/mol. The maximum atomic E-state index is 12.8. The van der Waals surface area contributed by atoms with E-state index in [0.717, 1.165) is 42.6 Å². The molecule has 2 rings (SSSR count). The Hall–Kier alpha value is -2.04. The first-order valence-electron chi connectivity index (χ1n) is 9.07. The Morgan fingerprint density at radius 3 is 2.56 bits per heavy atom. The second-order valence-electron chi connectivity index (χ2n) is 6.76. The number of benzene rings is 1. The number of esters is 1. The van der Waals surface area contributed by atoms with Gasteiger partial charge in [0.05, 0.1) is 13.5 Å². The summed E-state index contributed by atoms with van der Waals surface area (Å²) in [4.78, 5) is 26.1. The molecule has 0 unspecified atom stereocenters. The Kier molecular flexibility index (Phi) is 7.29. The van der Waals surface area contributed by atoms with Gasteiger partial charge in [-0.2, -0.15) is 0 Å². The van der Waals surface area contributed by atoms with E-state index in [1.807, 2.05) is 36.9 Å². The van der Waals surface area contributed by atoms with Crippen LogP contribution in [-0.2, 0) is 14.3 Å². The largest absolute Gasteiger partial charge is 0.483 e. The molecule has 25 heavy (non-hydrogen) atoms. The second-order valence-corrected chi connectivity index (χ2v) is 6.76. The van der Waals surface area contributed by atoms with Crippen LogP contribution >= 0.6 is 0 Å². The Balaban J connectivity index is 2.00. The number of carbonyl (C=O) groups is 2. The molecule has 0 N–H and O–H groups in total. The molecule has 0 aliphatic heterocycles. The summed E-state index contributed by atoms with van der Waals surface area (Å²) >= 11 is 0. The smallest absolute Gasteiger partial charge is 0.307 e. The number of hydrogen-bond acceptors (Lipinski definition) is 4. The summed E-state index contributed by atoms with van der Waals surface area (Å²) in [5.74, 6) is 0.394. The van der Waals surface area contributed by atoms with Gasteiger partial charge in [0.1, 0.15) is 5.75 Å². The minimum absolute atomic E-state index is 0.00195. The lowest BCUT2D eigenvalue weighted by Crippen LogP contribution is -2.44. The van der Waals surface area contributed by atoms with E-state index in [0.29, 0.717) is 6.54 Å². The van der Waals surface area contributed by atoms with Crippen molar-refractivity contribution in [3.63, 3.8) is 0 Å². The number of methoxy groups -OCH3 is 1. The fraction of sp³-hybridized carbons (Fsp3) is 0.600. The van der Waals surface area contributed by atoms with Crippen molar-refractivity contribution in [3.8, 4) is 5.75 Å². The average molecular weight is 347 g/mol. The molecule has 5 nitrogen and oxygen atoms in total. The summed E-state index contributed by atoms with van der Waals surface area (Å²) in [6.45, 7) is 4.36. The summed E-state index contributed by atoms with van der Waals surface area (Å²) in [5, 5.41) is 0. The SMILES string of the molecule is COC(=O)CCN(C(=O)COc1cc(C)ccc1C)C1CCCCC1. The maximum absolute atomic E-state index is 12.8. The Morgan fingerprint density at radius 2 is 1.88 bits per heavy atom. The zero-order valence-corrected chi connectivity index (χ0v) is 15.5. The first kappa shape index (κ1) is 19.3. The lowest BCUT2D eigenvalue weighted by molar-refractivity contribution is -0.143. The number of hydrogen-bond donors (Lipinski definition) is 0. The number of rotatable bonds is 7. The Labute approximate surface area is 150 Å². The third-order valence-corrected chi connectivity index (χ3v) is 4.82. The molecule has 1 fully saturated rings. The highest BCUT2D eigenvalue weighted by Crippen LogP contribution is 2.24. The lowest BCUT2D eigenvalue weighted by atomic mass is 9.94. The summed E-state index contributed by atoms with van der Waals surface area (Å²) in [5.41, 5.74) is 2.11. The zero-order chi connectivity index (χ0) is 18.2. The minimum Gasteiger partial charge on any atom is -0.483 e. The normalized spacial score (nSPS) is 14.8.